The van der Waals surface area contributed by atoms with Gasteiger partial charge in [-0.2, -0.15) is 13.2 Å². The number of hydrogen-bond donors (Lipinski definition) is 0. The molecule has 0 N–H and O–H groups in total. The number of unbranched alkanes of at least 4 members (excludes halogenated alkanes) is 3. The molecule has 1 nitrogen and oxygen atoms in total. The predicted octanol–water partition coefficient (Wildman–Crippen LogP) is 6.47. The highest BCUT2D eigenvalue weighted by Crippen LogP contribution is 2.40. The van der Waals surface area contributed by atoms with E-state index in [1.54, 1.807) is 12.1 Å². The van der Waals surface area contributed by atoms with Crippen molar-refractivity contribution >= 4 is 15.9 Å². The Labute approximate surface area is 139 Å². The number of ether oxygens (including phenoxy) is 1. The van der Waals surface area contributed by atoms with Crippen molar-refractivity contribution in [1.82, 2.24) is 0 Å². The number of methoxy groups -OCH3 is 1. The van der Waals surface area contributed by atoms with Crippen molar-refractivity contribution in [3.63, 3.8) is 0 Å². The summed E-state index contributed by atoms with van der Waals surface area (Å²) in [6.07, 6.45) is 0.939. The van der Waals surface area contributed by atoms with Gasteiger partial charge in [0.15, 0.2) is 0 Å². The molecule has 0 fully saturated rings. The van der Waals surface area contributed by atoms with Crippen molar-refractivity contribution in [2.75, 3.05) is 7.11 Å². The second kappa shape index (κ2) is 9.43. The molecule has 0 spiro atoms. The van der Waals surface area contributed by atoms with Gasteiger partial charge >= 0.3 is 6.18 Å². The van der Waals surface area contributed by atoms with Crippen LogP contribution in [0.5, 0.6) is 5.75 Å². The fourth-order valence-corrected chi connectivity index (χ4v) is 3.16. The molecule has 0 saturated heterocycles. The smallest absolute Gasteiger partial charge is 0.395 e. The topological polar surface area (TPSA) is 9.23 Å². The Morgan fingerprint density at radius 1 is 1.09 bits per heavy atom. The molecular weight excluding hydrogens is 357 g/mol. The van der Waals surface area contributed by atoms with Crippen molar-refractivity contribution < 1.29 is 17.9 Å². The van der Waals surface area contributed by atoms with Gasteiger partial charge in [0.1, 0.15) is 5.75 Å². The van der Waals surface area contributed by atoms with Gasteiger partial charge in [0, 0.05) is 4.83 Å². The maximum atomic E-state index is 13.3. The van der Waals surface area contributed by atoms with Crippen molar-refractivity contribution in [3.8, 4) is 5.75 Å². The summed E-state index contributed by atoms with van der Waals surface area (Å²) in [5.41, 5.74) is 0.298. The molecule has 0 heterocycles. The average Bonchev–Trinajstić information content (AvgIpc) is 2.48. The van der Waals surface area contributed by atoms with Crippen LogP contribution < -0.4 is 4.74 Å². The summed E-state index contributed by atoms with van der Waals surface area (Å²) in [7, 11) is 1.50. The quantitative estimate of drug-likeness (QED) is 0.352. The van der Waals surface area contributed by atoms with E-state index in [0.717, 1.165) is 32.1 Å². The highest BCUT2D eigenvalue weighted by molar-refractivity contribution is 9.09. The van der Waals surface area contributed by atoms with Crippen LogP contribution in [0.4, 0.5) is 13.2 Å². The van der Waals surface area contributed by atoms with Gasteiger partial charge in [0.2, 0.25) is 0 Å². The largest absolute Gasteiger partial charge is 0.497 e. The lowest BCUT2D eigenvalue weighted by Crippen LogP contribution is -2.23. The van der Waals surface area contributed by atoms with Crippen LogP contribution in [0, 0.1) is 0 Å². The summed E-state index contributed by atoms with van der Waals surface area (Å²) in [6, 6.07) is 6.18. The summed E-state index contributed by atoms with van der Waals surface area (Å²) in [5.74, 6) is -0.867. The molecule has 2 atom stereocenters. The lowest BCUT2D eigenvalue weighted by molar-refractivity contribution is -0.151. The van der Waals surface area contributed by atoms with Crippen molar-refractivity contribution in [2.24, 2.45) is 0 Å². The van der Waals surface area contributed by atoms with Gasteiger partial charge in [0.25, 0.3) is 0 Å². The predicted molar refractivity (Wildman–Crippen MR) is 87.9 cm³/mol. The van der Waals surface area contributed by atoms with Crippen molar-refractivity contribution in [1.29, 1.82) is 0 Å². The summed E-state index contributed by atoms with van der Waals surface area (Å²) >= 11 is 3.42. The van der Waals surface area contributed by atoms with E-state index in [1.807, 2.05) is 0 Å². The fourth-order valence-electron chi connectivity index (χ4n) is 2.46. The van der Waals surface area contributed by atoms with Gasteiger partial charge in [-0.25, -0.2) is 0 Å². The Morgan fingerprint density at radius 3 is 2.23 bits per heavy atom. The molecule has 1 aromatic carbocycles. The van der Waals surface area contributed by atoms with Crippen molar-refractivity contribution in [3.05, 3.63) is 29.8 Å². The first-order valence-corrected chi connectivity index (χ1v) is 8.64. The molecule has 1 aromatic rings. The average molecular weight is 381 g/mol. The van der Waals surface area contributed by atoms with E-state index in [-0.39, 0.29) is 11.2 Å². The Kier molecular flexibility index (Phi) is 8.29. The zero-order valence-electron chi connectivity index (χ0n) is 13.1. The molecule has 1 rings (SSSR count). The number of halogens is 4. The third kappa shape index (κ3) is 6.59. The first-order chi connectivity index (χ1) is 10.4. The maximum absolute atomic E-state index is 13.3. The maximum Gasteiger partial charge on any atom is 0.395 e. The molecule has 0 radical (unpaired) electrons. The second-order valence-corrected chi connectivity index (χ2v) is 6.84. The van der Waals surface area contributed by atoms with Crippen LogP contribution in [0.2, 0.25) is 0 Å². The first kappa shape index (κ1) is 19.3. The third-order valence-electron chi connectivity index (χ3n) is 3.78. The second-order valence-electron chi connectivity index (χ2n) is 5.55. The molecule has 0 bridgehead atoms. The van der Waals surface area contributed by atoms with Crippen LogP contribution >= 0.6 is 15.9 Å². The summed E-state index contributed by atoms with van der Waals surface area (Å²) in [4.78, 5) is -0.113. The van der Waals surface area contributed by atoms with Crippen LogP contribution in [-0.4, -0.2) is 18.1 Å². The molecule has 0 aliphatic rings. The van der Waals surface area contributed by atoms with Gasteiger partial charge in [-0.1, -0.05) is 60.7 Å². The van der Waals surface area contributed by atoms with E-state index < -0.39 is 12.1 Å². The fraction of sp³-hybridized carbons (Fsp3) is 0.647. The van der Waals surface area contributed by atoms with E-state index in [0.29, 0.717) is 11.3 Å². The first-order valence-electron chi connectivity index (χ1n) is 7.73. The molecule has 0 amide bonds. The van der Waals surface area contributed by atoms with Crippen LogP contribution in [0.15, 0.2) is 24.3 Å². The van der Waals surface area contributed by atoms with Gasteiger partial charge in [-0.05, 0) is 30.5 Å². The van der Waals surface area contributed by atoms with Crippen molar-refractivity contribution in [2.45, 2.75) is 62.4 Å². The van der Waals surface area contributed by atoms with Crippen LogP contribution in [0.3, 0.4) is 0 Å². The summed E-state index contributed by atoms with van der Waals surface area (Å²) < 4.78 is 45.0. The summed E-state index contributed by atoms with van der Waals surface area (Å²) in [6.45, 7) is 2.12. The number of hydrogen-bond acceptors (Lipinski definition) is 1. The van der Waals surface area contributed by atoms with Gasteiger partial charge in [0.05, 0.1) is 13.0 Å². The van der Waals surface area contributed by atoms with Gasteiger partial charge in [-0.15, -0.1) is 0 Å². The molecule has 0 saturated carbocycles. The summed E-state index contributed by atoms with van der Waals surface area (Å²) in [5, 5.41) is 0. The molecule has 22 heavy (non-hydrogen) atoms. The van der Waals surface area contributed by atoms with E-state index in [1.165, 1.54) is 19.2 Å². The monoisotopic (exact) mass is 380 g/mol. The number of benzene rings is 1. The zero-order valence-corrected chi connectivity index (χ0v) is 14.7. The van der Waals surface area contributed by atoms with Crippen LogP contribution in [0.1, 0.15) is 56.9 Å². The lowest BCUT2D eigenvalue weighted by Gasteiger charge is -2.23. The molecular formula is C17H24BrF3O. The minimum absolute atomic E-state index is 0.0714. The van der Waals surface area contributed by atoms with E-state index in [4.69, 9.17) is 4.74 Å². The lowest BCUT2D eigenvalue weighted by atomic mass is 9.92. The van der Waals surface area contributed by atoms with Crippen LogP contribution in [-0.2, 0) is 0 Å². The number of rotatable bonds is 9. The van der Waals surface area contributed by atoms with Gasteiger partial charge < -0.3 is 4.74 Å². The Bertz CT molecular complexity index is 417. The van der Waals surface area contributed by atoms with E-state index in [9.17, 15) is 13.2 Å². The number of alkyl halides is 4. The highest BCUT2D eigenvalue weighted by atomic mass is 79.9. The molecule has 0 aromatic heterocycles. The molecule has 5 heteroatoms. The Balaban J connectivity index is 2.68. The molecule has 0 unspecified atom stereocenters. The normalized spacial score (nSPS) is 14.6. The molecule has 0 aliphatic carbocycles. The van der Waals surface area contributed by atoms with E-state index >= 15 is 0 Å². The standard InChI is InChI=1S/C17H24BrF3O/c1-3-4-5-6-7-14(18)12-16(17(19,20)21)13-8-10-15(22-2)11-9-13/h8-11,14,16H,3-7,12H2,1-2H3/t14-,16+/m1/s1. The minimum atomic E-state index is -4.23. The molecule has 0 aliphatic heterocycles. The molecule has 126 valence electrons. The third-order valence-corrected chi connectivity index (χ3v) is 4.61. The Hall–Kier alpha value is -0.710. The van der Waals surface area contributed by atoms with Crippen LogP contribution in [0.25, 0.3) is 0 Å². The zero-order chi connectivity index (χ0) is 16.6. The van der Waals surface area contributed by atoms with Gasteiger partial charge in [-0.3, -0.25) is 0 Å². The Morgan fingerprint density at radius 2 is 1.73 bits per heavy atom. The minimum Gasteiger partial charge on any atom is -0.497 e. The van der Waals surface area contributed by atoms with E-state index in [2.05, 4.69) is 22.9 Å². The SMILES string of the molecule is CCCCCC[C@@H](Br)C[C@@H](c1ccc(OC)cc1)C(F)(F)F. The highest BCUT2D eigenvalue weighted by Gasteiger charge is 2.41.